The van der Waals surface area contributed by atoms with E-state index in [0.717, 1.165) is 0 Å². The highest BCUT2D eigenvalue weighted by atomic mass is 79.9. The molecule has 1 rings (SSSR count). The van der Waals surface area contributed by atoms with E-state index >= 15 is 0 Å². The summed E-state index contributed by atoms with van der Waals surface area (Å²) in [6.45, 7) is 0. The van der Waals surface area contributed by atoms with Gasteiger partial charge in [-0.25, -0.2) is 9.97 Å². The Balaban J connectivity index is 2.81. The first-order valence-electron chi connectivity index (χ1n) is 3.48. The molecule has 1 heterocycles. The van der Waals surface area contributed by atoms with Crippen LogP contribution in [0.4, 0.5) is 13.2 Å². The summed E-state index contributed by atoms with van der Waals surface area (Å²) in [5, 5.41) is 0.682. The summed E-state index contributed by atoms with van der Waals surface area (Å²) in [5.41, 5.74) is 0.685. The van der Waals surface area contributed by atoms with Crippen LogP contribution in [-0.2, 0) is 12.6 Å². The van der Waals surface area contributed by atoms with Gasteiger partial charge in [0.05, 0.1) is 0 Å². The van der Waals surface area contributed by atoms with E-state index in [4.69, 9.17) is 0 Å². The molecule has 0 spiro atoms. The lowest BCUT2D eigenvalue weighted by Crippen LogP contribution is -2.10. The van der Waals surface area contributed by atoms with Crippen LogP contribution < -0.4 is 0 Å². The smallest absolute Gasteiger partial charge is 0.233 e. The van der Waals surface area contributed by atoms with Crippen LogP contribution in [0.1, 0.15) is 11.4 Å². The topological polar surface area (TPSA) is 25.8 Å². The summed E-state index contributed by atoms with van der Waals surface area (Å²) in [5.74, 6) is -1.09. The van der Waals surface area contributed by atoms with E-state index in [9.17, 15) is 13.2 Å². The molecule has 1 aromatic rings. The molecule has 2 nitrogen and oxygen atoms in total. The molecule has 1 aromatic heterocycles. The van der Waals surface area contributed by atoms with Crippen molar-refractivity contribution >= 4 is 15.9 Å². The molecule has 0 radical (unpaired) electrons. The van der Waals surface area contributed by atoms with Crippen LogP contribution >= 0.6 is 15.9 Å². The zero-order valence-corrected chi connectivity index (χ0v) is 8.06. The first-order chi connectivity index (χ1) is 6.04. The van der Waals surface area contributed by atoms with Gasteiger partial charge in [0.25, 0.3) is 0 Å². The minimum absolute atomic E-state index is 0.623. The van der Waals surface area contributed by atoms with Crippen molar-refractivity contribution in [1.29, 1.82) is 0 Å². The molecule has 0 saturated heterocycles. The van der Waals surface area contributed by atoms with Crippen LogP contribution in [0.3, 0.4) is 0 Å². The number of nitrogens with zero attached hydrogens (tertiary/aromatic N) is 2. The lowest BCUT2D eigenvalue weighted by Gasteiger charge is -2.04. The van der Waals surface area contributed by atoms with E-state index in [2.05, 4.69) is 25.9 Å². The minimum atomic E-state index is -4.45. The Hall–Kier alpha value is -0.650. The summed E-state index contributed by atoms with van der Waals surface area (Å²) < 4.78 is 35.9. The predicted molar refractivity (Wildman–Crippen MR) is 44.5 cm³/mol. The van der Waals surface area contributed by atoms with Crippen LogP contribution in [0.2, 0.25) is 0 Å². The minimum Gasteiger partial charge on any atom is -0.233 e. The standard InChI is InChI=1S/C7H6BrF3N2/c8-2-1-5-3-12-6(13-4-5)7(9,10)11/h3-4H,1-2H2. The largest absolute Gasteiger partial charge is 0.451 e. The fourth-order valence-electron chi connectivity index (χ4n) is 0.739. The van der Waals surface area contributed by atoms with Gasteiger partial charge < -0.3 is 0 Å². The SMILES string of the molecule is FC(F)(F)c1ncc(CCBr)cn1. The maximum atomic E-state index is 12.0. The number of halogens is 4. The highest BCUT2D eigenvalue weighted by Gasteiger charge is 2.34. The molecular weight excluding hydrogens is 249 g/mol. The first-order valence-corrected chi connectivity index (χ1v) is 4.60. The molecule has 0 atom stereocenters. The second-order valence-electron chi connectivity index (χ2n) is 2.35. The zero-order chi connectivity index (χ0) is 9.90. The van der Waals surface area contributed by atoms with Gasteiger partial charge in [-0.3, -0.25) is 0 Å². The Morgan fingerprint density at radius 2 is 1.77 bits per heavy atom. The summed E-state index contributed by atoms with van der Waals surface area (Å²) >= 11 is 3.17. The quantitative estimate of drug-likeness (QED) is 0.758. The number of aryl methyl sites for hydroxylation is 1. The van der Waals surface area contributed by atoms with E-state index < -0.39 is 12.0 Å². The number of rotatable bonds is 2. The molecule has 0 unspecified atom stereocenters. The first kappa shape index (κ1) is 10.4. The number of hydrogen-bond acceptors (Lipinski definition) is 2. The maximum absolute atomic E-state index is 12.0. The Kier molecular flexibility index (Phi) is 3.24. The molecule has 0 amide bonds. The zero-order valence-electron chi connectivity index (χ0n) is 6.48. The van der Waals surface area contributed by atoms with Gasteiger partial charge in [-0.1, -0.05) is 15.9 Å². The molecule has 0 aliphatic rings. The highest BCUT2D eigenvalue weighted by Crippen LogP contribution is 2.25. The van der Waals surface area contributed by atoms with Gasteiger partial charge in [0.2, 0.25) is 5.82 Å². The van der Waals surface area contributed by atoms with Crippen LogP contribution in [0, 0.1) is 0 Å². The summed E-state index contributed by atoms with van der Waals surface area (Å²) in [4.78, 5) is 6.42. The molecule has 72 valence electrons. The van der Waals surface area contributed by atoms with Crippen molar-refractivity contribution in [1.82, 2.24) is 9.97 Å². The van der Waals surface area contributed by atoms with Crippen LogP contribution in [0.15, 0.2) is 12.4 Å². The van der Waals surface area contributed by atoms with Gasteiger partial charge >= 0.3 is 6.18 Å². The van der Waals surface area contributed by atoms with E-state index in [1.165, 1.54) is 12.4 Å². The molecular formula is C7H6BrF3N2. The molecule has 6 heteroatoms. The predicted octanol–water partition coefficient (Wildman–Crippen LogP) is 2.43. The Morgan fingerprint density at radius 3 is 2.15 bits per heavy atom. The summed E-state index contributed by atoms with van der Waals surface area (Å²) in [6.07, 6.45) is -1.45. The summed E-state index contributed by atoms with van der Waals surface area (Å²) in [6, 6.07) is 0. The fraction of sp³-hybridized carbons (Fsp3) is 0.429. The van der Waals surface area contributed by atoms with Gasteiger partial charge in [0.15, 0.2) is 0 Å². The van der Waals surface area contributed by atoms with Crippen molar-refractivity contribution in [2.24, 2.45) is 0 Å². The third kappa shape index (κ3) is 2.95. The van der Waals surface area contributed by atoms with Crippen molar-refractivity contribution in [2.75, 3.05) is 5.33 Å². The average molecular weight is 255 g/mol. The monoisotopic (exact) mass is 254 g/mol. The van der Waals surface area contributed by atoms with Gasteiger partial charge in [-0.2, -0.15) is 13.2 Å². The fourth-order valence-corrected chi connectivity index (χ4v) is 1.20. The molecule has 0 aliphatic heterocycles. The molecule has 0 bridgehead atoms. The molecule has 0 fully saturated rings. The maximum Gasteiger partial charge on any atom is 0.451 e. The lowest BCUT2D eigenvalue weighted by molar-refractivity contribution is -0.145. The number of alkyl halides is 4. The van der Waals surface area contributed by atoms with Crippen LogP contribution in [-0.4, -0.2) is 15.3 Å². The third-order valence-electron chi connectivity index (χ3n) is 1.34. The normalized spacial score (nSPS) is 11.7. The van der Waals surface area contributed by atoms with E-state index in [1.54, 1.807) is 0 Å². The second-order valence-corrected chi connectivity index (χ2v) is 3.14. The van der Waals surface area contributed by atoms with Crippen molar-refractivity contribution in [3.63, 3.8) is 0 Å². The lowest BCUT2D eigenvalue weighted by atomic mass is 10.3. The van der Waals surface area contributed by atoms with E-state index in [1.807, 2.05) is 0 Å². The number of hydrogen-bond donors (Lipinski definition) is 0. The van der Waals surface area contributed by atoms with Gasteiger partial charge in [0, 0.05) is 17.7 Å². The average Bonchev–Trinajstić information content (AvgIpc) is 2.04. The van der Waals surface area contributed by atoms with Crippen molar-refractivity contribution in [3.05, 3.63) is 23.8 Å². The van der Waals surface area contributed by atoms with Crippen LogP contribution in [0.25, 0.3) is 0 Å². The van der Waals surface area contributed by atoms with Crippen molar-refractivity contribution in [2.45, 2.75) is 12.6 Å². The summed E-state index contributed by atoms with van der Waals surface area (Å²) in [7, 11) is 0. The Labute approximate surface area is 81.3 Å². The molecule has 13 heavy (non-hydrogen) atoms. The number of aromatic nitrogens is 2. The Bertz CT molecular complexity index is 270. The molecule has 0 saturated carbocycles. The van der Waals surface area contributed by atoms with Crippen molar-refractivity contribution < 1.29 is 13.2 Å². The molecule has 0 N–H and O–H groups in total. The van der Waals surface area contributed by atoms with Crippen molar-refractivity contribution in [3.8, 4) is 0 Å². The van der Waals surface area contributed by atoms with E-state index in [0.29, 0.717) is 17.3 Å². The Morgan fingerprint density at radius 1 is 1.23 bits per heavy atom. The molecule has 0 aliphatic carbocycles. The van der Waals surface area contributed by atoms with Gasteiger partial charge in [-0.15, -0.1) is 0 Å². The molecule has 0 aromatic carbocycles. The third-order valence-corrected chi connectivity index (χ3v) is 1.74. The van der Waals surface area contributed by atoms with Gasteiger partial charge in [0.1, 0.15) is 0 Å². The van der Waals surface area contributed by atoms with Crippen LogP contribution in [0.5, 0.6) is 0 Å². The second kappa shape index (κ2) is 4.04. The highest BCUT2D eigenvalue weighted by molar-refractivity contribution is 9.09. The van der Waals surface area contributed by atoms with Gasteiger partial charge in [-0.05, 0) is 12.0 Å². The van der Waals surface area contributed by atoms with E-state index in [-0.39, 0.29) is 0 Å².